The Kier molecular flexibility index (Phi) is 4.66. The molecular formula is C13H18Cl2N2. The third-order valence-corrected chi connectivity index (χ3v) is 3.92. The fourth-order valence-corrected chi connectivity index (χ4v) is 2.59. The second kappa shape index (κ2) is 6.03. The standard InChI is InChI=1S/C13H18Cl2N2/c1-10-3-2-7-17(8-6-10)9-12-11(14)4-5-13(15)16-12/h4-5,10H,2-3,6-9H2,1H3. The Balaban J connectivity index is 2.02. The lowest BCUT2D eigenvalue weighted by Crippen LogP contribution is -2.25. The summed E-state index contributed by atoms with van der Waals surface area (Å²) in [7, 11) is 0. The molecule has 1 saturated heterocycles. The van der Waals surface area contributed by atoms with E-state index >= 15 is 0 Å². The molecule has 0 spiro atoms. The molecule has 4 heteroatoms. The lowest BCUT2D eigenvalue weighted by Gasteiger charge is -2.20. The predicted octanol–water partition coefficient (Wildman–Crippen LogP) is 4.01. The molecule has 0 aromatic carbocycles. The summed E-state index contributed by atoms with van der Waals surface area (Å²) in [5, 5.41) is 1.24. The SMILES string of the molecule is CC1CCCN(Cc2nc(Cl)ccc2Cl)CC1. The van der Waals surface area contributed by atoms with Crippen molar-refractivity contribution in [3.63, 3.8) is 0 Å². The van der Waals surface area contributed by atoms with Gasteiger partial charge in [0.2, 0.25) is 0 Å². The first-order valence-electron chi connectivity index (χ1n) is 6.18. The van der Waals surface area contributed by atoms with E-state index in [4.69, 9.17) is 23.2 Å². The van der Waals surface area contributed by atoms with Crippen molar-refractivity contribution in [2.75, 3.05) is 13.1 Å². The van der Waals surface area contributed by atoms with Crippen LogP contribution in [-0.4, -0.2) is 23.0 Å². The van der Waals surface area contributed by atoms with E-state index in [1.165, 1.54) is 19.3 Å². The minimum Gasteiger partial charge on any atom is -0.297 e. The van der Waals surface area contributed by atoms with Gasteiger partial charge >= 0.3 is 0 Å². The van der Waals surface area contributed by atoms with Crippen LogP contribution in [0.1, 0.15) is 31.9 Å². The summed E-state index contributed by atoms with van der Waals surface area (Å²) < 4.78 is 0. The minimum atomic E-state index is 0.521. The first kappa shape index (κ1) is 13.1. The zero-order valence-electron chi connectivity index (χ0n) is 10.1. The van der Waals surface area contributed by atoms with Gasteiger partial charge in [-0.3, -0.25) is 4.90 Å². The topological polar surface area (TPSA) is 16.1 Å². The Bertz CT molecular complexity index is 382. The smallest absolute Gasteiger partial charge is 0.129 e. The van der Waals surface area contributed by atoms with Crippen LogP contribution in [-0.2, 0) is 6.54 Å². The van der Waals surface area contributed by atoms with Crippen molar-refractivity contribution in [2.24, 2.45) is 5.92 Å². The molecule has 1 fully saturated rings. The van der Waals surface area contributed by atoms with Gasteiger partial charge in [0.25, 0.3) is 0 Å². The van der Waals surface area contributed by atoms with Crippen molar-refractivity contribution >= 4 is 23.2 Å². The molecule has 2 rings (SSSR count). The van der Waals surface area contributed by atoms with Crippen molar-refractivity contribution in [2.45, 2.75) is 32.7 Å². The van der Waals surface area contributed by atoms with Gasteiger partial charge in [-0.25, -0.2) is 4.98 Å². The quantitative estimate of drug-likeness (QED) is 0.757. The second-order valence-corrected chi connectivity index (χ2v) is 5.67. The summed E-state index contributed by atoms with van der Waals surface area (Å²) in [6.45, 7) is 5.40. The van der Waals surface area contributed by atoms with Crippen LogP contribution in [0.5, 0.6) is 0 Å². The molecule has 1 aliphatic rings. The molecule has 1 aromatic heterocycles. The number of pyridine rings is 1. The van der Waals surface area contributed by atoms with Crippen LogP contribution in [0.15, 0.2) is 12.1 Å². The van der Waals surface area contributed by atoms with E-state index in [0.717, 1.165) is 31.2 Å². The van der Waals surface area contributed by atoms with Crippen molar-refractivity contribution in [3.05, 3.63) is 28.0 Å². The maximum atomic E-state index is 6.14. The Morgan fingerprint density at radius 2 is 2.12 bits per heavy atom. The summed E-state index contributed by atoms with van der Waals surface area (Å²) in [6, 6.07) is 3.56. The summed E-state index contributed by atoms with van der Waals surface area (Å²) in [5.41, 5.74) is 0.897. The van der Waals surface area contributed by atoms with Gasteiger partial charge in [0.15, 0.2) is 0 Å². The first-order chi connectivity index (χ1) is 8.15. The molecule has 0 amide bonds. The molecule has 94 valence electrons. The highest BCUT2D eigenvalue weighted by Crippen LogP contribution is 2.21. The van der Waals surface area contributed by atoms with Crippen molar-refractivity contribution in [1.82, 2.24) is 9.88 Å². The molecule has 1 unspecified atom stereocenters. The molecule has 2 nitrogen and oxygen atoms in total. The van der Waals surface area contributed by atoms with Crippen LogP contribution in [0.2, 0.25) is 10.2 Å². The van der Waals surface area contributed by atoms with Crippen molar-refractivity contribution in [1.29, 1.82) is 0 Å². The van der Waals surface area contributed by atoms with Crippen LogP contribution in [0.3, 0.4) is 0 Å². The molecule has 0 radical (unpaired) electrons. The fraction of sp³-hybridized carbons (Fsp3) is 0.615. The molecule has 1 atom stereocenters. The van der Waals surface area contributed by atoms with E-state index < -0.39 is 0 Å². The maximum absolute atomic E-state index is 6.14. The van der Waals surface area contributed by atoms with Gasteiger partial charge in [-0.1, -0.05) is 30.1 Å². The summed E-state index contributed by atoms with van der Waals surface area (Å²) in [6.07, 6.45) is 3.85. The van der Waals surface area contributed by atoms with Gasteiger partial charge in [0, 0.05) is 6.54 Å². The summed E-state index contributed by atoms with van der Waals surface area (Å²) in [5.74, 6) is 0.836. The number of aromatic nitrogens is 1. The Hall–Kier alpha value is -0.310. The number of hydrogen-bond acceptors (Lipinski definition) is 2. The van der Waals surface area contributed by atoms with Gasteiger partial charge in [0.05, 0.1) is 10.7 Å². The van der Waals surface area contributed by atoms with Crippen molar-refractivity contribution < 1.29 is 0 Å². The lowest BCUT2D eigenvalue weighted by atomic mass is 10.0. The summed E-state index contributed by atoms with van der Waals surface area (Å²) in [4.78, 5) is 6.73. The zero-order chi connectivity index (χ0) is 12.3. The van der Waals surface area contributed by atoms with E-state index in [2.05, 4.69) is 16.8 Å². The highest BCUT2D eigenvalue weighted by molar-refractivity contribution is 6.32. The normalized spacial score (nSPS) is 22.4. The summed E-state index contributed by atoms with van der Waals surface area (Å²) >= 11 is 12.0. The Morgan fingerprint density at radius 3 is 2.94 bits per heavy atom. The number of halogens is 2. The Labute approximate surface area is 113 Å². The Morgan fingerprint density at radius 1 is 1.29 bits per heavy atom. The van der Waals surface area contributed by atoms with Crippen LogP contribution in [0.4, 0.5) is 0 Å². The highest BCUT2D eigenvalue weighted by atomic mass is 35.5. The van der Waals surface area contributed by atoms with E-state index in [0.29, 0.717) is 10.2 Å². The van der Waals surface area contributed by atoms with Gasteiger partial charge in [-0.15, -0.1) is 0 Å². The highest BCUT2D eigenvalue weighted by Gasteiger charge is 2.15. The molecule has 0 N–H and O–H groups in total. The number of hydrogen-bond donors (Lipinski definition) is 0. The predicted molar refractivity (Wildman–Crippen MR) is 72.5 cm³/mol. The molecule has 17 heavy (non-hydrogen) atoms. The zero-order valence-corrected chi connectivity index (χ0v) is 11.6. The molecule has 0 saturated carbocycles. The molecule has 2 heterocycles. The third-order valence-electron chi connectivity index (χ3n) is 3.37. The maximum Gasteiger partial charge on any atom is 0.129 e. The number of likely N-dealkylation sites (tertiary alicyclic amines) is 1. The van der Waals surface area contributed by atoms with Crippen LogP contribution in [0, 0.1) is 5.92 Å². The number of rotatable bonds is 2. The van der Waals surface area contributed by atoms with Gasteiger partial charge < -0.3 is 0 Å². The fourth-order valence-electron chi connectivity index (χ4n) is 2.26. The van der Waals surface area contributed by atoms with E-state index in [-0.39, 0.29) is 0 Å². The average molecular weight is 273 g/mol. The third kappa shape index (κ3) is 3.84. The molecule has 1 aromatic rings. The molecule has 0 bridgehead atoms. The van der Waals surface area contributed by atoms with E-state index in [1.54, 1.807) is 6.07 Å². The monoisotopic (exact) mass is 272 g/mol. The van der Waals surface area contributed by atoms with Crippen LogP contribution in [0.25, 0.3) is 0 Å². The van der Waals surface area contributed by atoms with E-state index in [9.17, 15) is 0 Å². The second-order valence-electron chi connectivity index (χ2n) is 4.87. The van der Waals surface area contributed by atoms with Gasteiger partial charge in [0.1, 0.15) is 5.15 Å². The van der Waals surface area contributed by atoms with Gasteiger partial charge in [-0.05, 0) is 50.4 Å². The lowest BCUT2D eigenvalue weighted by molar-refractivity contribution is 0.270. The van der Waals surface area contributed by atoms with Crippen LogP contribution < -0.4 is 0 Å². The largest absolute Gasteiger partial charge is 0.297 e. The van der Waals surface area contributed by atoms with E-state index in [1.807, 2.05) is 6.07 Å². The first-order valence-corrected chi connectivity index (χ1v) is 6.94. The molecule has 1 aliphatic heterocycles. The van der Waals surface area contributed by atoms with Crippen molar-refractivity contribution in [3.8, 4) is 0 Å². The van der Waals surface area contributed by atoms with Crippen LogP contribution >= 0.6 is 23.2 Å². The average Bonchev–Trinajstić information content (AvgIpc) is 2.49. The molecular weight excluding hydrogens is 255 g/mol. The van der Waals surface area contributed by atoms with Gasteiger partial charge in [-0.2, -0.15) is 0 Å². The minimum absolute atomic E-state index is 0.521. The number of nitrogens with zero attached hydrogens (tertiary/aromatic N) is 2. The molecule has 0 aliphatic carbocycles.